The van der Waals surface area contributed by atoms with Crippen LogP contribution in [0.2, 0.25) is 0 Å². The van der Waals surface area contributed by atoms with Gasteiger partial charge in [0.25, 0.3) is 0 Å². The molecule has 0 aliphatic carbocycles. The maximum atomic E-state index is 12.5. The summed E-state index contributed by atoms with van der Waals surface area (Å²) in [6, 6.07) is 7.70. The summed E-state index contributed by atoms with van der Waals surface area (Å²) in [5.74, 6) is 0.152. The molecule has 0 unspecified atom stereocenters. The summed E-state index contributed by atoms with van der Waals surface area (Å²) < 4.78 is 5.45. The molecule has 1 aliphatic heterocycles. The minimum absolute atomic E-state index is 0.152. The number of rotatable bonds is 3. The summed E-state index contributed by atoms with van der Waals surface area (Å²) in [6.07, 6.45) is 2.72. The Labute approximate surface area is 119 Å². The summed E-state index contributed by atoms with van der Waals surface area (Å²) >= 11 is 0. The molecule has 0 bridgehead atoms. The molecule has 1 saturated heterocycles. The molecule has 0 radical (unpaired) electrons. The Morgan fingerprint density at radius 1 is 1.20 bits per heavy atom. The Morgan fingerprint density at radius 2 is 2.05 bits per heavy atom. The highest BCUT2D eigenvalue weighted by atomic mass is 16.3. The Morgan fingerprint density at radius 3 is 2.95 bits per heavy atom. The van der Waals surface area contributed by atoms with Crippen molar-refractivity contribution >= 4 is 16.8 Å². The first kappa shape index (κ1) is 13.3. The van der Waals surface area contributed by atoms with E-state index in [9.17, 15) is 4.79 Å². The number of furan rings is 1. The number of ketones is 1. The largest absolute Gasteiger partial charge is 0.464 e. The van der Waals surface area contributed by atoms with E-state index in [0.29, 0.717) is 12.1 Å². The van der Waals surface area contributed by atoms with E-state index in [0.717, 1.165) is 43.6 Å². The van der Waals surface area contributed by atoms with Crippen LogP contribution in [0, 0.1) is 0 Å². The van der Waals surface area contributed by atoms with Crippen molar-refractivity contribution in [2.45, 2.75) is 6.42 Å². The van der Waals surface area contributed by atoms with Gasteiger partial charge in [0.2, 0.25) is 0 Å². The lowest BCUT2D eigenvalue weighted by Gasteiger charge is -2.18. The highest BCUT2D eigenvalue weighted by Crippen LogP contribution is 2.21. The first-order valence-corrected chi connectivity index (χ1v) is 7.14. The van der Waals surface area contributed by atoms with Crippen LogP contribution in [0.15, 0.2) is 34.9 Å². The van der Waals surface area contributed by atoms with Gasteiger partial charge in [0.15, 0.2) is 5.78 Å². The number of nitrogens with zero attached hydrogens (tertiary/aromatic N) is 2. The quantitative estimate of drug-likeness (QED) is 0.803. The van der Waals surface area contributed by atoms with Gasteiger partial charge in [-0.15, -0.1) is 0 Å². The number of carbonyl (C=O) groups is 1. The molecule has 0 amide bonds. The maximum Gasteiger partial charge on any atom is 0.180 e. The van der Waals surface area contributed by atoms with Gasteiger partial charge in [-0.05, 0) is 32.6 Å². The molecule has 2 aromatic rings. The van der Waals surface area contributed by atoms with Crippen molar-refractivity contribution < 1.29 is 9.21 Å². The van der Waals surface area contributed by atoms with Gasteiger partial charge in [0.1, 0.15) is 11.8 Å². The highest BCUT2D eigenvalue weighted by molar-refractivity contribution is 6.08. The third-order valence-electron chi connectivity index (χ3n) is 3.96. The second-order valence-corrected chi connectivity index (χ2v) is 5.50. The maximum absolute atomic E-state index is 12.5. The predicted molar refractivity (Wildman–Crippen MR) is 79.1 cm³/mol. The Bertz CT molecular complexity index is 605. The summed E-state index contributed by atoms with van der Waals surface area (Å²) in [4.78, 5) is 17.0. The van der Waals surface area contributed by atoms with E-state index in [2.05, 4.69) is 16.8 Å². The number of Topliss-reactive ketones (excluding diaryl/α,β-unsaturated/α-hetero) is 1. The Balaban J connectivity index is 1.73. The van der Waals surface area contributed by atoms with Gasteiger partial charge in [-0.1, -0.05) is 18.2 Å². The van der Waals surface area contributed by atoms with Crippen molar-refractivity contribution in [3.05, 3.63) is 36.1 Å². The van der Waals surface area contributed by atoms with Crippen molar-refractivity contribution in [3.63, 3.8) is 0 Å². The molecule has 3 rings (SSSR count). The molecule has 20 heavy (non-hydrogen) atoms. The fourth-order valence-corrected chi connectivity index (χ4v) is 2.74. The van der Waals surface area contributed by atoms with Crippen molar-refractivity contribution in [2.24, 2.45) is 0 Å². The SMILES string of the molecule is CN1CCCN(CC(=O)c2coc3ccccc23)CC1. The van der Waals surface area contributed by atoms with Crippen molar-refractivity contribution in [3.8, 4) is 0 Å². The lowest BCUT2D eigenvalue weighted by atomic mass is 10.1. The van der Waals surface area contributed by atoms with E-state index < -0.39 is 0 Å². The van der Waals surface area contributed by atoms with Crippen LogP contribution in [0.5, 0.6) is 0 Å². The van der Waals surface area contributed by atoms with Gasteiger partial charge < -0.3 is 9.32 Å². The molecule has 4 heteroatoms. The van der Waals surface area contributed by atoms with Crippen LogP contribution < -0.4 is 0 Å². The Hall–Kier alpha value is -1.65. The molecular weight excluding hydrogens is 252 g/mol. The highest BCUT2D eigenvalue weighted by Gasteiger charge is 2.18. The lowest BCUT2D eigenvalue weighted by Crippen LogP contribution is -2.33. The van der Waals surface area contributed by atoms with Crippen LogP contribution in [0.3, 0.4) is 0 Å². The molecule has 0 spiro atoms. The second kappa shape index (κ2) is 5.77. The summed E-state index contributed by atoms with van der Waals surface area (Å²) in [7, 11) is 2.13. The molecular formula is C16H20N2O2. The van der Waals surface area contributed by atoms with Crippen LogP contribution in [0.1, 0.15) is 16.8 Å². The number of carbonyl (C=O) groups excluding carboxylic acids is 1. The van der Waals surface area contributed by atoms with Gasteiger partial charge in [-0.3, -0.25) is 9.69 Å². The van der Waals surface area contributed by atoms with E-state index in [1.807, 2.05) is 24.3 Å². The summed E-state index contributed by atoms with van der Waals surface area (Å²) in [5, 5.41) is 0.921. The molecule has 0 atom stereocenters. The molecule has 1 aromatic carbocycles. The van der Waals surface area contributed by atoms with Crippen molar-refractivity contribution in [1.82, 2.24) is 9.80 Å². The van der Waals surface area contributed by atoms with Crippen LogP contribution in [-0.2, 0) is 0 Å². The van der Waals surface area contributed by atoms with E-state index in [1.54, 1.807) is 6.26 Å². The molecule has 0 saturated carbocycles. The number of likely N-dealkylation sites (N-methyl/N-ethyl adjacent to an activating group) is 1. The summed E-state index contributed by atoms with van der Waals surface area (Å²) in [5.41, 5.74) is 1.49. The number of para-hydroxylation sites is 1. The standard InChI is InChI=1S/C16H20N2O2/c1-17-7-4-8-18(10-9-17)11-15(19)14-12-20-16-6-3-2-5-13(14)16/h2-3,5-6,12H,4,7-11H2,1H3. The van der Waals surface area contributed by atoms with Gasteiger partial charge >= 0.3 is 0 Å². The number of fused-ring (bicyclic) bond motifs is 1. The smallest absolute Gasteiger partial charge is 0.180 e. The van der Waals surface area contributed by atoms with Crippen LogP contribution >= 0.6 is 0 Å². The van der Waals surface area contributed by atoms with Crippen LogP contribution in [0.4, 0.5) is 0 Å². The third-order valence-corrected chi connectivity index (χ3v) is 3.96. The van der Waals surface area contributed by atoms with Gasteiger partial charge in [0, 0.05) is 18.5 Å². The number of hydrogen-bond acceptors (Lipinski definition) is 4. The van der Waals surface area contributed by atoms with Gasteiger partial charge in [0.05, 0.1) is 12.1 Å². The van der Waals surface area contributed by atoms with E-state index in [-0.39, 0.29) is 5.78 Å². The monoisotopic (exact) mass is 272 g/mol. The fourth-order valence-electron chi connectivity index (χ4n) is 2.74. The average molecular weight is 272 g/mol. The number of benzene rings is 1. The van der Waals surface area contributed by atoms with E-state index in [1.165, 1.54) is 0 Å². The van der Waals surface area contributed by atoms with Crippen molar-refractivity contribution in [1.29, 1.82) is 0 Å². The van der Waals surface area contributed by atoms with E-state index >= 15 is 0 Å². The molecule has 1 aliphatic rings. The zero-order valence-electron chi connectivity index (χ0n) is 11.8. The second-order valence-electron chi connectivity index (χ2n) is 5.50. The van der Waals surface area contributed by atoms with E-state index in [4.69, 9.17) is 4.42 Å². The molecule has 1 fully saturated rings. The molecule has 106 valence electrons. The minimum Gasteiger partial charge on any atom is -0.464 e. The zero-order chi connectivity index (χ0) is 13.9. The van der Waals surface area contributed by atoms with Gasteiger partial charge in [-0.25, -0.2) is 0 Å². The molecule has 0 N–H and O–H groups in total. The third kappa shape index (κ3) is 2.76. The Kier molecular flexibility index (Phi) is 3.85. The average Bonchev–Trinajstić information content (AvgIpc) is 2.78. The van der Waals surface area contributed by atoms with Gasteiger partial charge in [-0.2, -0.15) is 0 Å². The van der Waals surface area contributed by atoms with Crippen LogP contribution in [0.25, 0.3) is 11.0 Å². The molecule has 2 heterocycles. The summed E-state index contributed by atoms with van der Waals surface area (Å²) in [6.45, 7) is 4.57. The first-order chi connectivity index (χ1) is 9.74. The lowest BCUT2D eigenvalue weighted by molar-refractivity contribution is 0.0934. The number of hydrogen-bond donors (Lipinski definition) is 0. The first-order valence-electron chi connectivity index (χ1n) is 7.14. The van der Waals surface area contributed by atoms with Crippen molar-refractivity contribution in [2.75, 3.05) is 39.8 Å². The predicted octanol–water partition coefficient (Wildman–Crippen LogP) is 2.25. The molecule has 1 aromatic heterocycles. The zero-order valence-corrected chi connectivity index (χ0v) is 11.8. The molecule has 4 nitrogen and oxygen atoms in total. The topological polar surface area (TPSA) is 36.7 Å². The fraction of sp³-hybridized carbons (Fsp3) is 0.438. The van der Waals surface area contributed by atoms with Crippen LogP contribution in [-0.4, -0.2) is 55.4 Å². The normalized spacial score (nSPS) is 18.2. The minimum atomic E-state index is 0.152.